The Morgan fingerprint density at radius 3 is 2.13 bits per heavy atom. The normalized spacial score (nSPS) is 47.6. The molecule has 0 bridgehead atoms. The molecule has 1 N–H and O–H groups in total. The maximum Gasteiger partial charge on any atom is 0.0576 e. The molecular formula is C14H26O. The first-order valence-corrected chi connectivity index (χ1v) is 6.47. The molecule has 0 heterocycles. The van der Waals surface area contributed by atoms with Crippen LogP contribution >= 0.6 is 0 Å². The molecule has 4 atom stereocenters. The summed E-state index contributed by atoms with van der Waals surface area (Å²) in [6.45, 7) is 11.9. The van der Waals surface area contributed by atoms with Crippen LogP contribution in [0, 0.1) is 28.6 Å². The molecule has 0 amide bonds. The van der Waals surface area contributed by atoms with Gasteiger partial charge in [0.1, 0.15) is 0 Å². The summed E-state index contributed by atoms with van der Waals surface area (Å²) in [7, 11) is 0. The van der Waals surface area contributed by atoms with Gasteiger partial charge in [-0.05, 0) is 41.4 Å². The second kappa shape index (κ2) is 3.23. The number of hydrogen-bond acceptors (Lipinski definition) is 1. The van der Waals surface area contributed by atoms with Crippen LogP contribution in [0.2, 0.25) is 0 Å². The van der Waals surface area contributed by atoms with Gasteiger partial charge in [-0.3, -0.25) is 0 Å². The van der Waals surface area contributed by atoms with Crippen molar-refractivity contribution in [2.45, 2.75) is 60.0 Å². The average Bonchev–Trinajstić information content (AvgIpc) is 2.27. The van der Waals surface area contributed by atoms with Gasteiger partial charge in [-0.15, -0.1) is 0 Å². The van der Waals surface area contributed by atoms with Crippen LogP contribution in [-0.2, 0) is 0 Å². The highest BCUT2D eigenvalue weighted by molar-refractivity contribution is 5.08. The van der Waals surface area contributed by atoms with Crippen molar-refractivity contribution < 1.29 is 5.11 Å². The predicted molar refractivity (Wildman–Crippen MR) is 63.6 cm³/mol. The molecule has 2 aliphatic rings. The fourth-order valence-corrected chi connectivity index (χ4v) is 4.59. The smallest absolute Gasteiger partial charge is 0.0576 e. The summed E-state index contributed by atoms with van der Waals surface area (Å²) >= 11 is 0. The molecular weight excluding hydrogens is 184 g/mol. The third-order valence-corrected chi connectivity index (χ3v) is 5.91. The van der Waals surface area contributed by atoms with E-state index in [4.69, 9.17) is 0 Å². The van der Waals surface area contributed by atoms with Crippen molar-refractivity contribution >= 4 is 0 Å². The maximum atomic E-state index is 10.3. The van der Waals surface area contributed by atoms with Crippen molar-refractivity contribution in [2.24, 2.45) is 28.6 Å². The van der Waals surface area contributed by atoms with Crippen LogP contribution in [0.1, 0.15) is 53.9 Å². The number of aliphatic hydroxyl groups excluding tert-OH is 1. The third-order valence-electron chi connectivity index (χ3n) is 5.91. The van der Waals surface area contributed by atoms with Crippen LogP contribution in [0.25, 0.3) is 0 Å². The van der Waals surface area contributed by atoms with Gasteiger partial charge >= 0.3 is 0 Å². The average molecular weight is 210 g/mol. The lowest BCUT2D eigenvalue weighted by Crippen LogP contribution is -2.38. The number of aliphatic hydroxyl groups is 1. The van der Waals surface area contributed by atoms with Crippen LogP contribution in [-0.4, -0.2) is 11.2 Å². The highest BCUT2D eigenvalue weighted by atomic mass is 16.3. The van der Waals surface area contributed by atoms with Crippen molar-refractivity contribution in [2.75, 3.05) is 0 Å². The van der Waals surface area contributed by atoms with E-state index in [1.807, 2.05) is 0 Å². The Morgan fingerprint density at radius 1 is 1.00 bits per heavy atom. The van der Waals surface area contributed by atoms with Crippen LogP contribution in [0.4, 0.5) is 0 Å². The highest BCUT2D eigenvalue weighted by Crippen LogP contribution is 2.64. The summed E-state index contributed by atoms with van der Waals surface area (Å²) in [4.78, 5) is 0. The quantitative estimate of drug-likeness (QED) is 0.649. The molecule has 0 aromatic carbocycles. The minimum atomic E-state index is -0.0528. The molecule has 4 unspecified atom stereocenters. The van der Waals surface area contributed by atoms with E-state index in [1.165, 1.54) is 12.8 Å². The summed E-state index contributed by atoms with van der Waals surface area (Å²) in [6.07, 6.45) is 3.51. The van der Waals surface area contributed by atoms with Crippen LogP contribution in [0.5, 0.6) is 0 Å². The van der Waals surface area contributed by atoms with E-state index < -0.39 is 0 Å². The zero-order valence-electron chi connectivity index (χ0n) is 10.9. The minimum absolute atomic E-state index is 0.0528. The largest absolute Gasteiger partial charge is 0.393 e. The molecule has 0 spiro atoms. The van der Waals surface area contributed by atoms with E-state index in [0.717, 1.165) is 12.3 Å². The fourth-order valence-electron chi connectivity index (χ4n) is 4.59. The zero-order valence-corrected chi connectivity index (χ0v) is 10.9. The molecule has 15 heavy (non-hydrogen) atoms. The zero-order chi connectivity index (χ0) is 11.4. The number of hydrogen-bond donors (Lipinski definition) is 1. The Kier molecular flexibility index (Phi) is 2.46. The topological polar surface area (TPSA) is 20.2 Å². The van der Waals surface area contributed by atoms with Crippen LogP contribution in [0.15, 0.2) is 0 Å². The van der Waals surface area contributed by atoms with Crippen LogP contribution in [0.3, 0.4) is 0 Å². The molecule has 0 saturated heterocycles. The summed E-state index contributed by atoms with van der Waals surface area (Å²) in [6, 6.07) is 0. The Bertz CT molecular complexity index is 254. The molecule has 0 aromatic heterocycles. The first-order valence-electron chi connectivity index (χ1n) is 6.47. The summed E-state index contributed by atoms with van der Waals surface area (Å²) in [5, 5.41) is 10.3. The van der Waals surface area contributed by atoms with Crippen molar-refractivity contribution in [1.29, 1.82) is 0 Å². The van der Waals surface area contributed by atoms with Gasteiger partial charge in [-0.2, -0.15) is 0 Å². The van der Waals surface area contributed by atoms with Gasteiger partial charge in [0, 0.05) is 0 Å². The predicted octanol–water partition coefficient (Wildman–Crippen LogP) is 3.47. The van der Waals surface area contributed by atoms with Gasteiger partial charge in [0.15, 0.2) is 0 Å². The molecule has 0 radical (unpaired) electrons. The van der Waals surface area contributed by atoms with Crippen molar-refractivity contribution in [3.63, 3.8) is 0 Å². The maximum absolute atomic E-state index is 10.3. The van der Waals surface area contributed by atoms with Crippen molar-refractivity contribution in [3.05, 3.63) is 0 Å². The minimum Gasteiger partial charge on any atom is -0.393 e. The number of rotatable bonds is 0. The molecule has 2 aliphatic carbocycles. The lowest BCUT2D eigenvalue weighted by atomic mass is 9.67. The lowest BCUT2D eigenvalue weighted by molar-refractivity contribution is -0.0128. The van der Waals surface area contributed by atoms with Gasteiger partial charge in [-0.1, -0.05) is 41.0 Å². The Balaban J connectivity index is 2.39. The van der Waals surface area contributed by atoms with Crippen molar-refractivity contribution in [1.82, 2.24) is 0 Å². The van der Waals surface area contributed by atoms with Gasteiger partial charge in [0.25, 0.3) is 0 Å². The number of fused-ring (bicyclic) bond motifs is 1. The Labute approximate surface area is 94.3 Å². The van der Waals surface area contributed by atoms with E-state index in [-0.39, 0.29) is 6.10 Å². The van der Waals surface area contributed by atoms with E-state index in [0.29, 0.717) is 22.7 Å². The van der Waals surface area contributed by atoms with Gasteiger partial charge in [0.05, 0.1) is 6.10 Å². The summed E-state index contributed by atoms with van der Waals surface area (Å²) in [5.74, 6) is 1.95. The summed E-state index contributed by atoms with van der Waals surface area (Å²) < 4.78 is 0. The summed E-state index contributed by atoms with van der Waals surface area (Å²) in [5.41, 5.74) is 0.698. The second-order valence-electron chi connectivity index (χ2n) is 6.99. The van der Waals surface area contributed by atoms with E-state index in [2.05, 4.69) is 34.6 Å². The molecule has 2 saturated carbocycles. The fraction of sp³-hybridized carbons (Fsp3) is 1.00. The highest BCUT2D eigenvalue weighted by Gasteiger charge is 2.59. The van der Waals surface area contributed by atoms with E-state index in [1.54, 1.807) is 0 Å². The van der Waals surface area contributed by atoms with Crippen LogP contribution < -0.4 is 0 Å². The monoisotopic (exact) mass is 210 g/mol. The van der Waals surface area contributed by atoms with E-state index >= 15 is 0 Å². The Morgan fingerprint density at radius 2 is 1.60 bits per heavy atom. The molecule has 2 fully saturated rings. The molecule has 0 aliphatic heterocycles. The van der Waals surface area contributed by atoms with E-state index in [9.17, 15) is 5.11 Å². The molecule has 0 aromatic rings. The Hall–Kier alpha value is -0.0400. The van der Waals surface area contributed by atoms with Gasteiger partial charge < -0.3 is 5.11 Å². The van der Waals surface area contributed by atoms with Gasteiger partial charge in [0.2, 0.25) is 0 Å². The second-order valence-corrected chi connectivity index (χ2v) is 6.99. The molecule has 1 nitrogen and oxygen atoms in total. The third kappa shape index (κ3) is 1.39. The SMILES string of the molecule is CC1C(C)(C)C2CCCC(O)C2C1(C)C. The first kappa shape index (κ1) is 11.4. The molecule has 88 valence electrons. The molecule has 2 rings (SSSR count). The lowest BCUT2D eigenvalue weighted by Gasteiger charge is -2.40. The van der Waals surface area contributed by atoms with Gasteiger partial charge in [-0.25, -0.2) is 0 Å². The molecule has 1 heteroatoms. The van der Waals surface area contributed by atoms with Crippen molar-refractivity contribution in [3.8, 4) is 0 Å². The standard InChI is InChI=1S/C14H26O/c1-9-13(2,3)10-7-6-8-11(15)12(10)14(9,4)5/h9-12,15H,6-8H2,1-5H3. The first-order chi connectivity index (χ1) is 6.79.